The van der Waals surface area contributed by atoms with Gasteiger partial charge in [-0.2, -0.15) is 0 Å². The van der Waals surface area contributed by atoms with Crippen molar-refractivity contribution in [2.75, 3.05) is 27.2 Å². The number of halogens is 1. The van der Waals surface area contributed by atoms with Crippen molar-refractivity contribution >= 4 is 82.5 Å². The standard InChI is InChI=1S/C56H95ClN12O16/c1-11-34(57)22-19-17-15-13-14-16-18-21-30(5)43-47(75)54(82)64-42(29(3)4)51(79)61-35(12-2)49(77)66-45(32(7)71)53(81)67-44(31(6)70)52(80)62-36(24-25-39(58)72)48(76)60-28-41(74)63-46(33(8)85-10)56(84)68(9)38(27-40(59)73)55(83)69-26-20-23-37(69)50(78)65-43/h12,29-34,36-38,42-47,70-71,75H,11,13-28H2,1-10H3,(H2,58,72)(H2,59,73)(H,60,76)(H,61,79)(H,62,80)(H,63,74)(H,64,82)(H,65,78)(H,66,77)(H,67,81)/b35-12+/t30-,31-,32-,33-,34?,36-,37-,38-,42-,43+,44-,45-,46-,47+/m0/s1. The van der Waals surface area contributed by atoms with Crippen LogP contribution in [0.5, 0.6) is 0 Å². The Morgan fingerprint density at radius 2 is 1.27 bits per heavy atom. The van der Waals surface area contributed by atoms with E-state index in [4.69, 9.17) is 27.8 Å². The van der Waals surface area contributed by atoms with Crippen molar-refractivity contribution in [3.63, 3.8) is 0 Å². The van der Waals surface area contributed by atoms with E-state index in [0.29, 0.717) is 12.8 Å². The van der Waals surface area contributed by atoms with Crippen LogP contribution in [0, 0.1) is 11.8 Å². The molecule has 0 spiro atoms. The Hall–Kier alpha value is -6.49. The zero-order valence-electron chi connectivity index (χ0n) is 50.8. The summed E-state index contributed by atoms with van der Waals surface area (Å²) in [6.45, 7) is 10.9. The summed E-state index contributed by atoms with van der Waals surface area (Å²) >= 11 is 6.28. The molecule has 0 radical (unpaired) electrons. The Morgan fingerprint density at radius 3 is 1.81 bits per heavy atom. The average molecular weight is 1230 g/mol. The molecule has 0 aromatic carbocycles. The van der Waals surface area contributed by atoms with Gasteiger partial charge in [-0.3, -0.25) is 57.5 Å². The highest BCUT2D eigenvalue weighted by atomic mass is 35.5. The van der Waals surface area contributed by atoms with Gasteiger partial charge >= 0.3 is 0 Å². The second-order valence-corrected chi connectivity index (χ2v) is 23.1. The number of fused-ring (bicyclic) bond motifs is 1. The molecule has 0 aliphatic carbocycles. The van der Waals surface area contributed by atoms with E-state index in [2.05, 4.69) is 42.5 Å². The van der Waals surface area contributed by atoms with Crippen LogP contribution in [0.25, 0.3) is 0 Å². The molecule has 0 bridgehead atoms. The highest BCUT2D eigenvalue weighted by molar-refractivity contribution is 6.20. The van der Waals surface area contributed by atoms with Gasteiger partial charge in [0.2, 0.25) is 59.1 Å². The number of ether oxygens (including phenoxy) is 1. The van der Waals surface area contributed by atoms with Gasteiger partial charge in [0.05, 0.1) is 37.3 Å². The van der Waals surface area contributed by atoms with E-state index in [-0.39, 0.29) is 24.8 Å². The molecule has 2 aliphatic heterocycles. The van der Waals surface area contributed by atoms with Crippen LogP contribution in [0.15, 0.2) is 11.8 Å². The fraction of sp³-hybridized carbons (Fsp3) is 0.750. The number of aliphatic hydroxyl groups excluding tert-OH is 3. The third kappa shape index (κ3) is 24.1. The normalized spacial score (nSPS) is 26.9. The smallest absolute Gasteiger partial charge is 0.268 e. The molecule has 12 amide bonds. The molecule has 14 atom stereocenters. The predicted molar refractivity (Wildman–Crippen MR) is 311 cm³/mol. The van der Waals surface area contributed by atoms with E-state index >= 15 is 0 Å². The number of methoxy groups -OCH3 is 1. The number of hydrogen-bond donors (Lipinski definition) is 13. The first-order valence-electron chi connectivity index (χ1n) is 29.3. The van der Waals surface area contributed by atoms with Crippen LogP contribution in [0.1, 0.15) is 152 Å². The lowest BCUT2D eigenvalue weighted by Gasteiger charge is -2.36. The summed E-state index contributed by atoms with van der Waals surface area (Å²) in [7, 11) is 2.38. The van der Waals surface area contributed by atoms with Gasteiger partial charge in [-0.05, 0) is 78.1 Å². The fourth-order valence-electron chi connectivity index (χ4n) is 9.87. The Balaban J connectivity index is 2.76. The number of hydrogen-bond acceptors (Lipinski definition) is 16. The number of nitrogens with zero attached hydrogens (tertiary/aromatic N) is 2. The van der Waals surface area contributed by atoms with Crippen molar-refractivity contribution in [2.45, 2.75) is 230 Å². The minimum Gasteiger partial charge on any atom is -0.391 e. The number of nitrogens with one attached hydrogen (secondary N) is 8. The number of alkyl halides is 1. The topological polar surface area (TPSA) is 430 Å². The van der Waals surface area contributed by atoms with Crippen molar-refractivity contribution in [2.24, 2.45) is 23.3 Å². The first-order chi connectivity index (χ1) is 39.9. The molecule has 1 unspecified atom stereocenters. The van der Waals surface area contributed by atoms with Gasteiger partial charge in [0.25, 0.3) is 11.8 Å². The molecule has 85 heavy (non-hydrogen) atoms. The molecular weight excluding hydrogens is 1130 g/mol. The number of carbonyl (C=O) groups is 12. The van der Waals surface area contributed by atoms with E-state index in [1.165, 1.54) is 28.0 Å². The number of unbranched alkanes of at least 4 members (excludes halogenated alkanes) is 6. The minimum absolute atomic E-state index is 0.0403. The molecule has 29 heteroatoms. The largest absolute Gasteiger partial charge is 0.391 e. The van der Waals surface area contributed by atoms with Gasteiger partial charge < -0.3 is 83.9 Å². The van der Waals surface area contributed by atoms with E-state index in [9.17, 15) is 72.9 Å². The van der Waals surface area contributed by atoms with Crippen LogP contribution in [-0.2, 0) is 62.3 Å². The number of allylic oxidation sites excluding steroid dienone is 1. The molecule has 2 heterocycles. The van der Waals surface area contributed by atoms with E-state index in [1.807, 2.05) is 6.92 Å². The molecule has 2 rings (SSSR count). The lowest BCUT2D eigenvalue weighted by atomic mass is 9.90. The maximum absolute atomic E-state index is 14.7. The third-order valence-corrected chi connectivity index (χ3v) is 15.8. The van der Waals surface area contributed by atoms with Crippen LogP contribution in [0.4, 0.5) is 0 Å². The number of primary amides is 2. The number of aliphatic hydroxyl groups is 3. The third-order valence-electron chi connectivity index (χ3n) is 15.3. The molecule has 2 saturated heterocycles. The van der Waals surface area contributed by atoms with Crippen LogP contribution in [0.2, 0.25) is 0 Å². The van der Waals surface area contributed by atoms with Crippen molar-refractivity contribution in [3.05, 3.63) is 11.8 Å². The zero-order chi connectivity index (χ0) is 64.4. The lowest BCUT2D eigenvalue weighted by molar-refractivity contribution is -0.151. The maximum atomic E-state index is 14.7. The number of nitrogens with two attached hydrogens (primary N) is 2. The quantitative estimate of drug-likeness (QED) is 0.0316. The first-order valence-corrected chi connectivity index (χ1v) is 29.8. The summed E-state index contributed by atoms with van der Waals surface area (Å²) in [4.78, 5) is 167. The molecular formula is C56H95ClN12O16. The Bertz CT molecular complexity index is 2340. The van der Waals surface area contributed by atoms with Crippen molar-refractivity contribution in [1.29, 1.82) is 0 Å². The highest BCUT2D eigenvalue weighted by Gasteiger charge is 2.44. The molecule has 0 saturated carbocycles. The summed E-state index contributed by atoms with van der Waals surface area (Å²) in [6.07, 6.45) is 1.83. The SMILES string of the molecule is C/C=C1/NC(=O)[C@H](C(C)C)NC(=O)[C@H](O)[C@@H]([C@@H](C)CCCCCCCCCC(Cl)CC)NC(=O)[C@@H]2CCCN2C(=O)[C@H](CC(N)=O)N(C)C(=O)[C@H]([C@H](C)OC)NC(=O)CNC(=O)[C@H](CCC(N)=O)NC(=O)[C@H]([C@H](C)O)NC(=O)[C@H]([C@H](C)O)NC1=O. The van der Waals surface area contributed by atoms with Crippen LogP contribution < -0.4 is 54.0 Å². The molecule has 2 fully saturated rings. The van der Waals surface area contributed by atoms with Crippen molar-refractivity contribution < 1.29 is 77.6 Å². The van der Waals surface area contributed by atoms with E-state index in [0.717, 1.165) is 81.1 Å². The average Bonchev–Trinajstić information content (AvgIpc) is 3.90. The van der Waals surface area contributed by atoms with Gasteiger partial charge in [0.1, 0.15) is 48.0 Å². The van der Waals surface area contributed by atoms with Crippen LogP contribution in [0.3, 0.4) is 0 Å². The number of amides is 12. The fourth-order valence-corrected chi connectivity index (χ4v) is 10.0. The Morgan fingerprint density at radius 1 is 0.706 bits per heavy atom. The molecule has 0 aromatic rings. The van der Waals surface area contributed by atoms with Crippen LogP contribution >= 0.6 is 11.6 Å². The molecule has 28 nitrogen and oxygen atoms in total. The van der Waals surface area contributed by atoms with Crippen molar-refractivity contribution in [1.82, 2.24) is 52.3 Å². The first kappa shape index (κ1) is 74.6. The Labute approximate surface area is 502 Å². The predicted octanol–water partition coefficient (Wildman–Crippen LogP) is -2.02. The van der Waals surface area contributed by atoms with Crippen LogP contribution in [-0.4, -0.2) is 201 Å². The van der Waals surface area contributed by atoms with Gasteiger partial charge in [0.15, 0.2) is 6.10 Å². The number of rotatable bonds is 22. The number of carbonyl (C=O) groups excluding carboxylic acids is 12. The second kappa shape index (κ2) is 37.2. The molecule has 2 aliphatic rings. The van der Waals surface area contributed by atoms with E-state index < -0.39 is 187 Å². The maximum Gasteiger partial charge on any atom is 0.268 e. The summed E-state index contributed by atoms with van der Waals surface area (Å²) in [5, 5.41) is 52.8. The van der Waals surface area contributed by atoms with Crippen molar-refractivity contribution in [3.8, 4) is 0 Å². The van der Waals surface area contributed by atoms with E-state index in [1.54, 1.807) is 20.8 Å². The molecule has 15 N–H and O–H groups in total. The number of likely N-dealkylation sites (N-methyl/N-ethyl adjacent to an activating group) is 1. The molecule has 0 aromatic heterocycles. The van der Waals surface area contributed by atoms with Gasteiger partial charge in [-0.15, -0.1) is 11.6 Å². The monoisotopic (exact) mass is 1230 g/mol. The lowest BCUT2D eigenvalue weighted by Crippen LogP contribution is -2.62. The van der Waals surface area contributed by atoms with Gasteiger partial charge in [0, 0.05) is 32.5 Å². The zero-order valence-corrected chi connectivity index (χ0v) is 51.6. The second-order valence-electron chi connectivity index (χ2n) is 22.4. The molecule has 482 valence electrons. The summed E-state index contributed by atoms with van der Waals surface area (Å²) in [6, 6.07) is -12.8. The van der Waals surface area contributed by atoms with Gasteiger partial charge in [-0.25, -0.2) is 0 Å². The minimum atomic E-state index is -2.02. The summed E-state index contributed by atoms with van der Waals surface area (Å²) in [5.41, 5.74) is 10.5. The highest BCUT2D eigenvalue weighted by Crippen LogP contribution is 2.25. The summed E-state index contributed by atoms with van der Waals surface area (Å²) in [5.74, 6) is -13.7. The summed E-state index contributed by atoms with van der Waals surface area (Å²) < 4.78 is 5.40. The Kier molecular flexibility index (Phi) is 32.6. The van der Waals surface area contributed by atoms with Gasteiger partial charge in [-0.1, -0.05) is 78.7 Å².